The van der Waals surface area contributed by atoms with Crippen LogP contribution in [0, 0.1) is 5.92 Å². The highest BCUT2D eigenvalue weighted by Crippen LogP contribution is 2.25. The Labute approximate surface area is 102 Å². The van der Waals surface area contributed by atoms with Crippen LogP contribution in [0.5, 0.6) is 0 Å². The van der Waals surface area contributed by atoms with Gasteiger partial charge in [0.15, 0.2) is 0 Å². The summed E-state index contributed by atoms with van der Waals surface area (Å²) in [5.74, 6) is 1.07. The van der Waals surface area contributed by atoms with Crippen molar-refractivity contribution in [2.45, 2.75) is 44.6 Å². The molecule has 17 heavy (non-hydrogen) atoms. The first-order chi connectivity index (χ1) is 8.28. The van der Waals surface area contributed by atoms with Crippen LogP contribution in [0.4, 0.5) is 0 Å². The molecule has 0 bridgehead atoms. The van der Waals surface area contributed by atoms with Gasteiger partial charge in [0.2, 0.25) is 0 Å². The number of ether oxygens (including phenoxy) is 2. The lowest BCUT2D eigenvalue weighted by Gasteiger charge is -2.21. The van der Waals surface area contributed by atoms with Crippen molar-refractivity contribution >= 4 is 5.97 Å². The van der Waals surface area contributed by atoms with Crippen molar-refractivity contribution in [2.75, 3.05) is 7.11 Å². The van der Waals surface area contributed by atoms with E-state index in [1.54, 1.807) is 7.11 Å². The van der Waals surface area contributed by atoms with Crippen LogP contribution in [0.3, 0.4) is 0 Å². The van der Waals surface area contributed by atoms with Crippen LogP contribution in [0.25, 0.3) is 0 Å². The molecule has 1 aliphatic heterocycles. The van der Waals surface area contributed by atoms with Crippen molar-refractivity contribution in [3.8, 4) is 0 Å². The molecule has 1 heterocycles. The van der Waals surface area contributed by atoms with Gasteiger partial charge in [0.05, 0.1) is 13.2 Å². The van der Waals surface area contributed by atoms with E-state index in [9.17, 15) is 4.79 Å². The van der Waals surface area contributed by atoms with E-state index in [1.165, 1.54) is 38.2 Å². The number of methoxy groups -OCH3 is 1. The largest absolute Gasteiger partial charge is 0.501 e. The maximum absolute atomic E-state index is 11.3. The lowest BCUT2D eigenvalue weighted by molar-refractivity contribution is -0.142. The second-order valence-corrected chi connectivity index (χ2v) is 4.78. The zero-order valence-electron chi connectivity index (χ0n) is 10.4. The second kappa shape index (κ2) is 5.89. The molecule has 1 aliphatic carbocycles. The third-order valence-electron chi connectivity index (χ3n) is 3.46. The number of hydrogen-bond donors (Lipinski definition) is 0. The number of esters is 1. The summed E-state index contributed by atoms with van der Waals surface area (Å²) in [7, 11) is 1.59. The fourth-order valence-electron chi connectivity index (χ4n) is 2.47. The first kappa shape index (κ1) is 12.2. The molecule has 0 spiro atoms. The standard InChI is InChI=1S/C14H20O3/c1-16-13-9-12(17-14(15)10-13)8-7-11-5-3-2-4-6-11/h7-8,10-12H,2-6,9H2,1H3/b8-7+. The summed E-state index contributed by atoms with van der Waals surface area (Å²) in [5, 5.41) is 0. The maximum Gasteiger partial charge on any atom is 0.334 e. The van der Waals surface area contributed by atoms with E-state index in [1.807, 2.05) is 6.08 Å². The van der Waals surface area contributed by atoms with E-state index in [0.29, 0.717) is 18.1 Å². The van der Waals surface area contributed by atoms with Gasteiger partial charge in [0.1, 0.15) is 11.9 Å². The van der Waals surface area contributed by atoms with Gasteiger partial charge in [-0.1, -0.05) is 25.3 Å². The van der Waals surface area contributed by atoms with Crippen molar-refractivity contribution in [2.24, 2.45) is 5.92 Å². The van der Waals surface area contributed by atoms with Gasteiger partial charge in [-0.3, -0.25) is 0 Å². The molecule has 94 valence electrons. The molecular weight excluding hydrogens is 216 g/mol. The first-order valence-corrected chi connectivity index (χ1v) is 6.41. The summed E-state index contributed by atoms with van der Waals surface area (Å²) >= 11 is 0. The summed E-state index contributed by atoms with van der Waals surface area (Å²) in [5.41, 5.74) is 0. The van der Waals surface area contributed by atoms with Gasteiger partial charge in [0.25, 0.3) is 0 Å². The van der Waals surface area contributed by atoms with E-state index < -0.39 is 0 Å². The number of rotatable bonds is 3. The van der Waals surface area contributed by atoms with E-state index in [-0.39, 0.29) is 12.1 Å². The molecule has 0 aromatic carbocycles. The highest BCUT2D eigenvalue weighted by Gasteiger charge is 2.20. The molecule has 0 aromatic heterocycles. The monoisotopic (exact) mass is 236 g/mol. The highest BCUT2D eigenvalue weighted by molar-refractivity contribution is 5.83. The Balaban J connectivity index is 1.88. The molecule has 0 amide bonds. The van der Waals surface area contributed by atoms with Gasteiger partial charge in [0, 0.05) is 6.42 Å². The molecule has 3 heteroatoms. The van der Waals surface area contributed by atoms with Gasteiger partial charge in [-0.05, 0) is 24.8 Å². The van der Waals surface area contributed by atoms with Crippen molar-refractivity contribution in [3.05, 3.63) is 24.0 Å². The second-order valence-electron chi connectivity index (χ2n) is 4.78. The normalized spacial score (nSPS) is 26.8. The number of cyclic esters (lactones) is 1. The van der Waals surface area contributed by atoms with Crippen LogP contribution in [0.15, 0.2) is 24.0 Å². The van der Waals surface area contributed by atoms with Crippen molar-refractivity contribution in [1.82, 2.24) is 0 Å². The topological polar surface area (TPSA) is 35.5 Å². The third-order valence-corrected chi connectivity index (χ3v) is 3.46. The minimum atomic E-state index is -0.300. The molecule has 2 aliphatic rings. The number of hydrogen-bond acceptors (Lipinski definition) is 3. The van der Waals surface area contributed by atoms with E-state index >= 15 is 0 Å². The molecule has 3 nitrogen and oxygen atoms in total. The van der Waals surface area contributed by atoms with Gasteiger partial charge >= 0.3 is 5.97 Å². The first-order valence-electron chi connectivity index (χ1n) is 6.41. The van der Waals surface area contributed by atoms with Crippen molar-refractivity contribution in [3.63, 3.8) is 0 Å². The lowest BCUT2D eigenvalue weighted by Crippen LogP contribution is -2.21. The molecule has 0 radical (unpaired) electrons. The number of carbonyl (C=O) groups is 1. The number of allylic oxidation sites excluding steroid dienone is 1. The Bertz CT molecular complexity index is 324. The Kier molecular flexibility index (Phi) is 4.24. The molecule has 2 rings (SSSR count). The fraction of sp³-hybridized carbons (Fsp3) is 0.643. The van der Waals surface area contributed by atoms with Gasteiger partial charge < -0.3 is 9.47 Å². The smallest absolute Gasteiger partial charge is 0.334 e. The molecule has 1 unspecified atom stereocenters. The summed E-state index contributed by atoms with van der Waals surface area (Å²) in [6, 6.07) is 0. The van der Waals surface area contributed by atoms with E-state index in [0.717, 1.165) is 0 Å². The Hall–Kier alpha value is -1.25. The molecule has 1 saturated carbocycles. The molecule has 1 atom stereocenters. The Morgan fingerprint density at radius 2 is 2.06 bits per heavy atom. The van der Waals surface area contributed by atoms with Gasteiger partial charge in [-0.2, -0.15) is 0 Å². The Morgan fingerprint density at radius 1 is 1.29 bits per heavy atom. The number of carbonyl (C=O) groups excluding carboxylic acids is 1. The molecular formula is C14H20O3. The van der Waals surface area contributed by atoms with Crippen LogP contribution in [-0.2, 0) is 14.3 Å². The average Bonchev–Trinajstić information content (AvgIpc) is 2.37. The molecule has 0 aromatic rings. The molecule has 1 fully saturated rings. The van der Waals surface area contributed by atoms with E-state index in [2.05, 4.69) is 6.08 Å². The van der Waals surface area contributed by atoms with E-state index in [4.69, 9.17) is 9.47 Å². The maximum atomic E-state index is 11.3. The SMILES string of the molecule is COC1=CC(=O)OC(/C=C/C2CCCCC2)C1. The summed E-state index contributed by atoms with van der Waals surface area (Å²) in [6.45, 7) is 0. The minimum absolute atomic E-state index is 0.149. The summed E-state index contributed by atoms with van der Waals surface area (Å²) in [6.07, 6.45) is 12.7. The quantitative estimate of drug-likeness (QED) is 0.558. The van der Waals surface area contributed by atoms with Crippen molar-refractivity contribution < 1.29 is 14.3 Å². The summed E-state index contributed by atoms with van der Waals surface area (Å²) in [4.78, 5) is 11.3. The Morgan fingerprint density at radius 3 is 2.76 bits per heavy atom. The minimum Gasteiger partial charge on any atom is -0.501 e. The van der Waals surface area contributed by atoms with Crippen LogP contribution in [-0.4, -0.2) is 19.2 Å². The van der Waals surface area contributed by atoms with Crippen LogP contribution < -0.4 is 0 Å². The highest BCUT2D eigenvalue weighted by atomic mass is 16.5. The van der Waals surface area contributed by atoms with Gasteiger partial charge in [-0.25, -0.2) is 4.79 Å². The zero-order chi connectivity index (χ0) is 12.1. The molecule has 0 N–H and O–H groups in total. The summed E-state index contributed by atoms with van der Waals surface area (Å²) < 4.78 is 10.3. The predicted molar refractivity (Wildman–Crippen MR) is 65.3 cm³/mol. The fourth-order valence-corrected chi connectivity index (χ4v) is 2.47. The van der Waals surface area contributed by atoms with Crippen molar-refractivity contribution in [1.29, 1.82) is 0 Å². The predicted octanol–water partition coefficient (Wildman–Crippen LogP) is 2.97. The van der Waals surface area contributed by atoms with Crippen LogP contribution in [0.2, 0.25) is 0 Å². The van der Waals surface area contributed by atoms with Crippen LogP contribution in [0.1, 0.15) is 38.5 Å². The van der Waals surface area contributed by atoms with Gasteiger partial charge in [-0.15, -0.1) is 0 Å². The van der Waals surface area contributed by atoms with Crippen LogP contribution >= 0.6 is 0 Å². The third kappa shape index (κ3) is 3.62. The average molecular weight is 236 g/mol. The lowest BCUT2D eigenvalue weighted by atomic mass is 9.88. The zero-order valence-corrected chi connectivity index (χ0v) is 10.4. The molecule has 0 saturated heterocycles.